The molecule has 3 aromatic rings. The second-order valence-electron chi connectivity index (χ2n) is 5.53. The minimum absolute atomic E-state index is 0.0413. The van der Waals surface area contributed by atoms with E-state index in [9.17, 15) is 13.2 Å². The Hall–Kier alpha value is -2.84. The number of ether oxygens (including phenoxy) is 1. The van der Waals surface area contributed by atoms with E-state index in [2.05, 4.69) is 10.0 Å². The van der Waals surface area contributed by atoms with Gasteiger partial charge in [-0.2, -0.15) is 0 Å². The van der Waals surface area contributed by atoms with Gasteiger partial charge in [0.25, 0.3) is 15.9 Å². The summed E-state index contributed by atoms with van der Waals surface area (Å²) in [5, 5.41) is 4.17. The molecule has 1 aromatic heterocycles. The molecule has 0 saturated carbocycles. The number of anilines is 2. The average Bonchev–Trinajstić information content (AvgIpc) is 3.16. The second-order valence-corrected chi connectivity index (χ2v) is 8.12. The van der Waals surface area contributed by atoms with Gasteiger partial charge in [-0.25, -0.2) is 8.42 Å². The third kappa shape index (κ3) is 4.87. The number of rotatable bonds is 7. The molecule has 1 amide bonds. The summed E-state index contributed by atoms with van der Waals surface area (Å²) in [6, 6.07) is 17.0. The molecule has 0 atom stereocenters. The van der Waals surface area contributed by atoms with Gasteiger partial charge in [-0.05, 0) is 49.4 Å². The second kappa shape index (κ2) is 8.24. The van der Waals surface area contributed by atoms with Gasteiger partial charge in [0.05, 0.1) is 16.4 Å². The Morgan fingerprint density at radius 1 is 1.04 bits per heavy atom. The van der Waals surface area contributed by atoms with E-state index in [1.807, 2.05) is 13.0 Å². The fraction of sp³-hybridized carbons (Fsp3) is 0.105. The fourth-order valence-electron chi connectivity index (χ4n) is 2.29. The molecule has 1 heterocycles. The number of hydrogen-bond donors (Lipinski definition) is 2. The number of carbonyl (C=O) groups excluding carboxylic acids is 1. The van der Waals surface area contributed by atoms with Crippen LogP contribution in [0.5, 0.6) is 5.75 Å². The predicted molar refractivity (Wildman–Crippen MR) is 107 cm³/mol. The topological polar surface area (TPSA) is 84.5 Å². The van der Waals surface area contributed by atoms with Crippen LogP contribution >= 0.6 is 11.3 Å². The number of hydrogen-bond acceptors (Lipinski definition) is 5. The van der Waals surface area contributed by atoms with Gasteiger partial charge in [0.15, 0.2) is 0 Å². The van der Waals surface area contributed by atoms with Crippen molar-refractivity contribution in [1.82, 2.24) is 0 Å². The predicted octanol–water partition coefficient (Wildman–Crippen LogP) is 4.20. The van der Waals surface area contributed by atoms with Crippen LogP contribution in [0.4, 0.5) is 11.4 Å². The van der Waals surface area contributed by atoms with Gasteiger partial charge in [0, 0.05) is 16.8 Å². The number of thiophene rings is 1. The Kier molecular flexibility index (Phi) is 5.78. The van der Waals surface area contributed by atoms with Gasteiger partial charge in [0.2, 0.25) is 0 Å². The highest BCUT2D eigenvalue weighted by molar-refractivity contribution is 7.92. The summed E-state index contributed by atoms with van der Waals surface area (Å²) in [4.78, 5) is 12.6. The van der Waals surface area contributed by atoms with Gasteiger partial charge in [-0.3, -0.25) is 9.52 Å². The molecule has 8 heteroatoms. The van der Waals surface area contributed by atoms with Gasteiger partial charge in [0.1, 0.15) is 5.75 Å². The van der Waals surface area contributed by atoms with Crippen LogP contribution in [-0.2, 0) is 10.0 Å². The van der Waals surface area contributed by atoms with E-state index < -0.39 is 10.0 Å². The largest absolute Gasteiger partial charge is 0.494 e. The van der Waals surface area contributed by atoms with Crippen molar-refractivity contribution in [3.05, 3.63) is 70.9 Å². The van der Waals surface area contributed by atoms with Crippen molar-refractivity contribution in [1.29, 1.82) is 0 Å². The molecule has 0 aliphatic heterocycles. The van der Waals surface area contributed by atoms with Crippen LogP contribution < -0.4 is 14.8 Å². The Balaban J connectivity index is 1.71. The van der Waals surface area contributed by atoms with Crippen molar-refractivity contribution in [3.63, 3.8) is 0 Å². The van der Waals surface area contributed by atoms with Crippen molar-refractivity contribution in [2.45, 2.75) is 11.8 Å². The molecule has 27 heavy (non-hydrogen) atoms. The van der Waals surface area contributed by atoms with Crippen molar-refractivity contribution >= 4 is 38.6 Å². The third-order valence-electron chi connectivity index (χ3n) is 3.56. The number of carbonyl (C=O) groups is 1. The molecule has 2 N–H and O–H groups in total. The van der Waals surface area contributed by atoms with Crippen molar-refractivity contribution in [3.8, 4) is 5.75 Å². The first kappa shape index (κ1) is 18.9. The Labute approximate surface area is 161 Å². The van der Waals surface area contributed by atoms with E-state index in [4.69, 9.17) is 4.74 Å². The lowest BCUT2D eigenvalue weighted by Crippen LogP contribution is -2.13. The summed E-state index contributed by atoms with van der Waals surface area (Å²) in [7, 11) is -3.78. The number of para-hydroxylation sites is 1. The zero-order valence-corrected chi connectivity index (χ0v) is 16.1. The highest BCUT2D eigenvalue weighted by Gasteiger charge is 2.19. The lowest BCUT2D eigenvalue weighted by molar-refractivity contribution is 0.103. The van der Waals surface area contributed by atoms with E-state index in [0.717, 1.165) is 11.3 Å². The van der Waals surface area contributed by atoms with Crippen LogP contribution in [-0.4, -0.2) is 20.9 Å². The number of benzene rings is 2. The summed E-state index contributed by atoms with van der Waals surface area (Å²) in [5.74, 6) is 0.310. The van der Waals surface area contributed by atoms with Crippen LogP contribution in [0.15, 0.2) is 70.9 Å². The third-order valence-corrected chi connectivity index (χ3v) is 6.00. The maximum absolute atomic E-state index is 12.5. The zero-order valence-electron chi connectivity index (χ0n) is 14.5. The molecule has 2 aromatic carbocycles. The molecule has 6 nitrogen and oxygen atoms in total. The first-order valence-electron chi connectivity index (χ1n) is 8.18. The van der Waals surface area contributed by atoms with E-state index in [-0.39, 0.29) is 10.8 Å². The lowest BCUT2D eigenvalue weighted by Gasteiger charge is -2.08. The van der Waals surface area contributed by atoms with Crippen LogP contribution in [0.25, 0.3) is 0 Å². The fourth-order valence-corrected chi connectivity index (χ4v) is 4.52. The summed E-state index contributed by atoms with van der Waals surface area (Å²) >= 11 is 1.07. The Morgan fingerprint density at radius 3 is 2.41 bits per heavy atom. The molecule has 0 fully saturated rings. The lowest BCUT2D eigenvalue weighted by atomic mass is 10.3. The van der Waals surface area contributed by atoms with Crippen LogP contribution in [0.2, 0.25) is 0 Å². The van der Waals surface area contributed by atoms with Crippen molar-refractivity contribution in [2.24, 2.45) is 0 Å². The van der Waals surface area contributed by atoms with Crippen LogP contribution in [0.1, 0.15) is 16.6 Å². The first-order valence-corrected chi connectivity index (χ1v) is 10.5. The summed E-state index contributed by atoms with van der Waals surface area (Å²) < 4.78 is 32.9. The highest BCUT2D eigenvalue weighted by atomic mass is 32.2. The van der Waals surface area contributed by atoms with E-state index in [0.29, 0.717) is 28.6 Å². The molecule has 0 saturated heterocycles. The molecule has 0 aliphatic carbocycles. The minimum atomic E-state index is -3.78. The van der Waals surface area contributed by atoms with E-state index in [1.54, 1.807) is 48.5 Å². The normalized spacial score (nSPS) is 11.0. The van der Waals surface area contributed by atoms with Crippen molar-refractivity contribution < 1.29 is 17.9 Å². The number of nitrogens with one attached hydrogen (secondary N) is 2. The molecule has 0 radical (unpaired) electrons. The molecule has 0 aliphatic rings. The minimum Gasteiger partial charge on any atom is -0.494 e. The van der Waals surface area contributed by atoms with Crippen LogP contribution in [0, 0.1) is 0 Å². The Bertz CT molecular complexity index is 1010. The molecule has 3 rings (SSSR count). The quantitative estimate of drug-likeness (QED) is 0.620. The van der Waals surface area contributed by atoms with Gasteiger partial charge in [-0.1, -0.05) is 18.2 Å². The summed E-state index contributed by atoms with van der Waals surface area (Å²) in [6.45, 7) is 2.41. The number of amides is 1. The van der Waals surface area contributed by atoms with Gasteiger partial charge >= 0.3 is 0 Å². The van der Waals surface area contributed by atoms with Gasteiger partial charge < -0.3 is 10.1 Å². The Morgan fingerprint density at radius 2 is 1.74 bits per heavy atom. The van der Waals surface area contributed by atoms with Gasteiger partial charge in [-0.15, -0.1) is 11.3 Å². The van der Waals surface area contributed by atoms with Crippen molar-refractivity contribution in [2.75, 3.05) is 16.6 Å². The molecule has 0 spiro atoms. The first-order chi connectivity index (χ1) is 13.0. The van der Waals surface area contributed by atoms with E-state index in [1.165, 1.54) is 11.4 Å². The molecular weight excluding hydrogens is 384 g/mol. The molecule has 140 valence electrons. The summed E-state index contributed by atoms with van der Waals surface area (Å²) in [5.41, 5.74) is 1.06. The maximum Gasteiger partial charge on any atom is 0.265 e. The zero-order chi connectivity index (χ0) is 19.3. The molecule has 0 unspecified atom stereocenters. The number of sulfonamides is 1. The standard InChI is InChI=1S/C19H18N2O4S2/c1-2-25-16-10-8-15(9-11-16)21-27(23,24)17-12-18(26-13-17)19(22)20-14-6-4-3-5-7-14/h3-13,21H,2H2,1H3,(H,20,22). The van der Waals surface area contributed by atoms with Crippen LogP contribution in [0.3, 0.4) is 0 Å². The average molecular weight is 402 g/mol. The maximum atomic E-state index is 12.5. The smallest absolute Gasteiger partial charge is 0.265 e. The monoisotopic (exact) mass is 402 g/mol. The SMILES string of the molecule is CCOc1ccc(NS(=O)(=O)c2csc(C(=O)Nc3ccccc3)c2)cc1. The highest BCUT2D eigenvalue weighted by Crippen LogP contribution is 2.24. The summed E-state index contributed by atoms with van der Waals surface area (Å²) in [6.07, 6.45) is 0. The molecule has 0 bridgehead atoms. The molecular formula is C19H18N2O4S2. The van der Waals surface area contributed by atoms with E-state index >= 15 is 0 Å².